The van der Waals surface area contributed by atoms with Gasteiger partial charge in [-0.15, -0.1) is 0 Å². The highest BCUT2D eigenvalue weighted by Gasteiger charge is 2.22. The Hall–Kier alpha value is -1.39. The minimum atomic E-state index is -0.532. The molecule has 122 valence electrons. The van der Waals surface area contributed by atoms with Crippen molar-refractivity contribution in [3.8, 4) is 0 Å². The van der Waals surface area contributed by atoms with Gasteiger partial charge in [0.25, 0.3) is 0 Å². The van der Waals surface area contributed by atoms with Crippen molar-refractivity contribution in [3.63, 3.8) is 0 Å². The fraction of sp³-hybridized carbons (Fsp3) is 0.611. The number of ether oxygens (including phenoxy) is 1. The van der Waals surface area contributed by atoms with Gasteiger partial charge in [-0.1, -0.05) is 30.3 Å². The number of aliphatic hydroxyl groups excluding tert-OH is 1. The molecule has 1 fully saturated rings. The van der Waals surface area contributed by atoms with Crippen LogP contribution >= 0.6 is 0 Å². The highest BCUT2D eigenvalue weighted by Crippen LogP contribution is 2.28. The van der Waals surface area contributed by atoms with E-state index in [1.807, 2.05) is 30.3 Å². The topological polar surface area (TPSA) is 58.6 Å². The van der Waals surface area contributed by atoms with Gasteiger partial charge in [0.2, 0.25) is 5.91 Å². The first-order valence-corrected chi connectivity index (χ1v) is 8.19. The molecule has 0 heterocycles. The van der Waals surface area contributed by atoms with E-state index in [1.54, 1.807) is 7.11 Å². The number of methoxy groups -OCH3 is 1. The lowest BCUT2D eigenvalue weighted by Gasteiger charge is -2.27. The molecule has 0 bridgehead atoms. The van der Waals surface area contributed by atoms with E-state index in [1.165, 1.54) is 0 Å². The molecule has 0 radical (unpaired) electrons. The largest absolute Gasteiger partial charge is 0.391 e. The molecule has 2 rings (SSSR count). The predicted octanol–water partition coefficient (Wildman–Crippen LogP) is 2.30. The van der Waals surface area contributed by atoms with E-state index in [0.29, 0.717) is 31.4 Å². The van der Waals surface area contributed by atoms with Gasteiger partial charge in [-0.2, -0.15) is 0 Å². The molecule has 2 N–H and O–H groups in total. The summed E-state index contributed by atoms with van der Waals surface area (Å²) in [4.78, 5) is 12.0. The molecule has 1 unspecified atom stereocenters. The Bertz CT molecular complexity index is 441. The number of nitrogens with one attached hydrogen (secondary N) is 1. The van der Waals surface area contributed by atoms with Gasteiger partial charge < -0.3 is 15.2 Å². The lowest BCUT2D eigenvalue weighted by molar-refractivity contribution is -0.122. The maximum atomic E-state index is 12.0. The van der Waals surface area contributed by atoms with Gasteiger partial charge in [0.1, 0.15) is 0 Å². The number of amides is 1. The van der Waals surface area contributed by atoms with Crippen molar-refractivity contribution < 1.29 is 14.6 Å². The molecule has 0 aliphatic heterocycles. The van der Waals surface area contributed by atoms with Gasteiger partial charge in [-0.05, 0) is 37.2 Å². The smallest absolute Gasteiger partial charge is 0.220 e. The first kappa shape index (κ1) is 17.0. The predicted molar refractivity (Wildman–Crippen MR) is 86.5 cm³/mol. The third-order valence-corrected chi connectivity index (χ3v) is 4.45. The summed E-state index contributed by atoms with van der Waals surface area (Å²) in [5.74, 6) is 0.505. The molecule has 1 atom stereocenters. The van der Waals surface area contributed by atoms with Crippen molar-refractivity contribution >= 4 is 5.91 Å². The SMILES string of the molecule is COC1CCC(CC(=O)NCC(O)Cc2ccccc2)CC1. The van der Waals surface area contributed by atoms with E-state index in [-0.39, 0.29) is 5.91 Å². The van der Waals surface area contributed by atoms with Crippen molar-refractivity contribution in [1.29, 1.82) is 0 Å². The van der Waals surface area contributed by atoms with Crippen LogP contribution in [0.15, 0.2) is 30.3 Å². The minimum Gasteiger partial charge on any atom is -0.391 e. The number of aliphatic hydroxyl groups is 1. The Balaban J connectivity index is 1.63. The highest BCUT2D eigenvalue weighted by atomic mass is 16.5. The molecule has 4 heteroatoms. The standard InChI is InChI=1S/C18H27NO3/c1-22-17-9-7-15(8-10-17)12-18(21)19-13-16(20)11-14-5-3-2-4-6-14/h2-6,15-17,20H,7-13H2,1H3,(H,19,21). The van der Waals surface area contributed by atoms with Crippen LogP contribution in [0.25, 0.3) is 0 Å². The van der Waals surface area contributed by atoms with E-state index in [4.69, 9.17) is 4.74 Å². The van der Waals surface area contributed by atoms with E-state index in [2.05, 4.69) is 5.32 Å². The Kier molecular flexibility index (Phi) is 6.87. The third-order valence-electron chi connectivity index (χ3n) is 4.45. The second-order valence-corrected chi connectivity index (χ2v) is 6.23. The van der Waals surface area contributed by atoms with Crippen LogP contribution in [-0.4, -0.2) is 36.9 Å². The van der Waals surface area contributed by atoms with Crippen LogP contribution in [0.1, 0.15) is 37.7 Å². The molecule has 1 aliphatic carbocycles. The summed E-state index contributed by atoms with van der Waals surface area (Å²) >= 11 is 0. The fourth-order valence-corrected chi connectivity index (χ4v) is 3.10. The molecule has 1 saturated carbocycles. The van der Waals surface area contributed by atoms with E-state index in [0.717, 1.165) is 31.2 Å². The van der Waals surface area contributed by atoms with E-state index in [9.17, 15) is 9.90 Å². The lowest BCUT2D eigenvalue weighted by atomic mass is 9.85. The molecule has 0 aromatic heterocycles. The second kappa shape index (κ2) is 8.91. The zero-order valence-corrected chi connectivity index (χ0v) is 13.3. The number of rotatable bonds is 7. The number of benzene rings is 1. The molecule has 1 aliphatic rings. The molecular formula is C18H27NO3. The lowest BCUT2D eigenvalue weighted by Crippen LogP contribution is -2.34. The number of hydrogen-bond donors (Lipinski definition) is 2. The average molecular weight is 305 g/mol. The average Bonchev–Trinajstić information content (AvgIpc) is 2.55. The maximum absolute atomic E-state index is 12.0. The summed E-state index contributed by atoms with van der Waals surface area (Å²) in [5, 5.41) is 12.8. The molecule has 0 spiro atoms. The van der Waals surface area contributed by atoms with Gasteiger partial charge in [0.05, 0.1) is 12.2 Å². The van der Waals surface area contributed by atoms with Crippen LogP contribution in [0.2, 0.25) is 0 Å². The van der Waals surface area contributed by atoms with Gasteiger partial charge in [0.15, 0.2) is 0 Å². The maximum Gasteiger partial charge on any atom is 0.220 e. The third kappa shape index (κ3) is 5.78. The van der Waals surface area contributed by atoms with Crippen LogP contribution in [-0.2, 0) is 16.0 Å². The number of carbonyl (C=O) groups is 1. The van der Waals surface area contributed by atoms with Crippen LogP contribution in [0.3, 0.4) is 0 Å². The van der Waals surface area contributed by atoms with Crippen LogP contribution in [0, 0.1) is 5.92 Å². The number of hydrogen-bond acceptors (Lipinski definition) is 3. The van der Waals surface area contributed by atoms with Crippen molar-refractivity contribution in [2.75, 3.05) is 13.7 Å². The first-order chi connectivity index (χ1) is 10.7. The fourth-order valence-electron chi connectivity index (χ4n) is 3.10. The second-order valence-electron chi connectivity index (χ2n) is 6.23. The summed E-state index contributed by atoms with van der Waals surface area (Å²) in [6.45, 7) is 0.321. The Morgan fingerprint density at radius 2 is 1.95 bits per heavy atom. The molecule has 4 nitrogen and oxygen atoms in total. The molecule has 1 amide bonds. The highest BCUT2D eigenvalue weighted by molar-refractivity contribution is 5.76. The summed E-state index contributed by atoms with van der Waals surface area (Å²) in [5.41, 5.74) is 1.09. The van der Waals surface area contributed by atoms with Gasteiger partial charge >= 0.3 is 0 Å². The van der Waals surface area contributed by atoms with Gasteiger partial charge in [-0.25, -0.2) is 0 Å². The summed E-state index contributed by atoms with van der Waals surface area (Å²) in [6, 6.07) is 9.84. The Labute approximate surface area is 132 Å². The molecular weight excluding hydrogens is 278 g/mol. The van der Waals surface area contributed by atoms with Crippen LogP contribution in [0.4, 0.5) is 0 Å². The minimum absolute atomic E-state index is 0.0491. The van der Waals surface area contributed by atoms with Gasteiger partial charge in [-0.3, -0.25) is 4.79 Å². The quantitative estimate of drug-likeness (QED) is 0.812. The summed E-state index contributed by atoms with van der Waals surface area (Å²) in [7, 11) is 1.76. The van der Waals surface area contributed by atoms with E-state index < -0.39 is 6.10 Å². The Morgan fingerprint density at radius 3 is 2.59 bits per heavy atom. The van der Waals surface area contributed by atoms with Crippen molar-refractivity contribution in [2.24, 2.45) is 5.92 Å². The molecule has 22 heavy (non-hydrogen) atoms. The summed E-state index contributed by atoms with van der Waals surface area (Å²) < 4.78 is 5.35. The zero-order valence-electron chi connectivity index (χ0n) is 13.3. The van der Waals surface area contributed by atoms with Crippen LogP contribution in [0.5, 0.6) is 0 Å². The first-order valence-electron chi connectivity index (χ1n) is 8.19. The molecule has 0 saturated heterocycles. The summed E-state index contributed by atoms with van der Waals surface area (Å²) in [6.07, 6.45) is 5.17. The molecule has 1 aromatic carbocycles. The number of carbonyl (C=O) groups excluding carboxylic acids is 1. The van der Waals surface area contributed by atoms with E-state index >= 15 is 0 Å². The van der Waals surface area contributed by atoms with Gasteiger partial charge in [0, 0.05) is 26.5 Å². The molecule has 1 aromatic rings. The van der Waals surface area contributed by atoms with Crippen LogP contribution < -0.4 is 5.32 Å². The van der Waals surface area contributed by atoms with Crippen molar-refractivity contribution in [3.05, 3.63) is 35.9 Å². The van der Waals surface area contributed by atoms with Crippen molar-refractivity contribution in [2.45, 2.75) is 50.7 Å². The normalized spacial score (nSPS) is 23.0. The Morgan fingerprint density at radius 1 is 1.27 bits per heavy atom. The van der Waals surface area contributed by atoms with Crippen molar-refractivity contribution in [1.82, 2.24) is 5.32 Å². The monoisotopic (exact) mass is 305 g/mol. The zero-order chi connectivity index (χ0) is 15.8.